The Morgan fingerprint density at radius 1 is 1.11 bits per heavy atom. The lowest BCUT2D eigenvalue weighted by atomic mass is 10.0. The van der Waals surface area contributed by atoms with Gasteiger partial charge in [-0.05, 0) is 55.9 Å². The Hall–Kier alpha value is -1.86. The summed E-state index contributed by atoms with van der Waals surface area (Å²) in [7, 11) is 0. The Morgan fingerprint density at radius 2 is 1.96 bits per heavy atom. The van der Waals surface area contributed by atoms with Crippen LogP contribution in [0.4, 0.5) is 17.3 Å². The molecule has 0 bridgehead atoms. The first-order valence-electron chi connectivity index (χ1n) is 10.2. The van der Waals surface area contributed by atoms with Gasteiger partial charge in [0.25, 0.3) is 0 Å². The first-order chi connectivity index (χ1) is 13.7. The minimum absolute atomic E-state index is 0.172. The Kier molecular flexibility index (Phi) is 6.32. The molecule has 2 unspecified atom stereocenters. The summed E-state index contributed by atoms with van der Waals surface area (Å²) >= 11 is 3.50. The van der Waals surface area contributed by atoms with Crippen LogP contribution in [-0.2, 0) is 0 Å². The molecule has 6 nitrogen and oxygen atoms in total. The van der Waals surface area contributed by atoms with Gasteiger partial charge in [-0.25, -0.2) is 9.97 Å². The predicted molar refractivity (Wildman–Crippen MR) is 117 cm³/mol. The van der Waals surface area contributed by atoms with E-state index in [1.807, 2.05) is 6.07 Å². The molecule has 2 saturated heterocycles. The van der Waals surface area contributed by atoms with E-state index >= 15 is 0 Å². The van der Waals surface area contributed by atoms with Gasteiger partial charge < -0.3 is 20.2 Å². The topological polar surface area (TPSA) is 64.5 Å². The summed E-state index contributed by atoms with van der Waals surface area (Å²) in [5, 5.41) is 13.2. The number of anilines is 3. The van der Waals surface area contributed by atoms with Gasteiger partial charge in [-0.1, -0.05) is 15.9 Å². The second-order valence-electron chi connectivity index (χ2n) is 7.75. The lowest BCUT2D eigenvalue weighted by Gasteiger charge is -2.35. The monoisotopic (exact) mass is 445 g/mol. The van der Waals surface area contributed by atoms with Crippen molar-refractivity contribution >= 4 is 33.3 Å². The van der Waals surface area contributed by atoms with Crippen LogP contribution in [0.5, 0.6) is 0 Å². The van der Waals surface area contributed by atoms with Crippen molar-refractivity contribution in [3.63, 3.8) is 0 Å². The molecule has 1 aromatic carbocycles. The maximum atomic E-state index is 9.66. The molecule has 2 atom stereocenters. The van der Waals surface area contributed by atoms with Gasteiger partial charge in [0.2, 0.25) is 0 Å². The molecule has 2 fully saturated rings. The van der Waals surface area contributed by atoms with Crippen molar-refractivity contribution in [2.45, 2.75) is 31.7 Å². The molecule has 1 aromatic heterocycles. The lowest BCUT2D eigenvalue weighted by Crippen LogP contribution is -2.42. The van der Waals surface area contributed by atoms with Crippen LogP contribution in [0.2, 0.25) is 0 Å². The van der Waals surface area contributed by atoms with Crippen LogP contribution in [0.15, 0.2) is 41.1 Å². The summed E-state index contributed by atoms with van der Waals surface area (Å²) in [5.41, 5.74) is 1.29. The van der Waals surface area contributed by atoms with E-state index in [0.29, 0.717) is 5.92 Å². The van der Waals surface area contributed by atoms with Gasteiger partial charge in [0, 0.05) is 42.4 Å². The first-order valence-corrected chi connectivity index (χ1v) is 11.0. The summed E-state index contributed by atoms with van der Waals surface area (Å²) in [6, 6.07) is 10.7. The number of rotatable bonds is 6. The molecule has 3 heterocycles. The van der Waals surface area contributed by atoms with Crippen LogP contribution < -0.4 is 15.1 Å². The summed E-state index contributed by atoms with van der Waals surface area (Å²) in [6.45, 7) is 4.19. The smallest absolute Gasteiger partial charge is 0.134 e. The molecule has 28 heavy (non-hydrogen) atoms. The molecule has 0 saturated carbocycles. The lowest BCUT2D eigenvalue weighted by molar-refractivity contribution is 0.239. The summed E-state index contributed by atoms with van der Waals surface area (Å²) in [4.78, 5) is 13.5. The molecule has 2 aliphatic rings. The number of aliphatic hydroxyl groups is 1. The first kappa shape index (κ1) is 19.5. The van der Waals surface area contributed by atoms with Crippen molar-refractivity contribution in [1.29, 1.82) is 0 Å². The zero-order valence-electron chi connectivity index (χ0n) is 16.1. The fraction of sp³-hybridized carbons (Fsp3) is 0.524. The van der Waals surface area contributed by atoms with E-state index in [-0.39, 0.29) is 12.6 Å². The highest BCUT2D eigenvalue weighted by Crippen LogP contribution is 2.27. The number of nitrogens with one attached hydrogen (secondary N) is 1. The molecule has 150 valence electrons. The van der Waals surface area contributed by atoms with Crippen molar-refractivity contribution in [2.24, 2.45) is 5.92 Å². The average Bonchev–Trinajstić information content (AvgIpc) is 3.22. The molecule has 2 aromatic rings. The normalized spacial score (nSPS) is 22.5. The standard InChI is InChI=1S/C21H28BrN5O/c22-17-4-6-18(7-5-17)26-10-8-16(13-26)12-23-20-11-21(25-15-24-20)27-9-2-1-3-19(27)14-28/h4-7,11,15-16,19,28H,1-3,8-10,12-14H2,(H,23,24,25). The van der Waals surface area contributed by atoms with E-state index in [1.165, 1.54) is 18.5 Å². The number of piperidine rings is 1. The van der Waals surface area contributed by atoms with Gasteiger partial charge in [-0.3, -0.25) is 0 Å². The summed E-state index contributed by atoms with van der Waals surface area (Å²) in [6.07, 6.45) is 6.16. The third-order valence-corrected chi connectivity index (χ3v) is 6.36. The number of hydrogen-bond acceptors (Lipinski definition) is 6. The van der Waals surface area contributed by atoms with Crippen LogP contribution in [0.3, 0.4) is 0 Å². The van der Waals surface area contributed by atoms with E-state index in [9.17, 15) is 5.11 Å². The second kappa shape index (κ2) is 9.09. The average molecular weight is 446 g/mol. The highest BCUT2D eigenvalue weighted by Gasteiger charge is 2.24. The Bertz CT molecular complexity index is 772. The number of hydrogen-bond donors (Lipinski definition) is 2. The van der Waals surface area contributed by atoms with E-state index < -0.39 is 0 Å². The van der Waals surface area contributed by atoms with Gasteiger partial charge in [0.1, 0.15) is 18.0 Å². The maximum absolute atomic E-state index is 9.66. The Balaban J connectivity index is 1.33. The van der Waals surface area contributed by atoms with Crippen LogP contribution in [0.1, 0.15) is 25.7 Å². The van der Waals surface area contributed by atoms with E-state index in [4.69, 9.17) is 0 Å². The number of nitrogens with zero attached hydrogens (tertiary/aromatic N) is 4. The van der Waals surface area contributed by atoms with Gasteiger partial charge >= 0.3 is 0 Å². The molecule has 7 heteroatoms. The van der Waals surface area contributed by atoms with Crippen LogP contribution in [0.25, 0.3) is 0 Å². The van der Waals surface area contributed by atoms with E-state index in [1.54, 1.807) is 6.33 Å². The Morgan fingerprint density at radius 3 is 2.79 bits per heavy atom. The molecule has 2 aliphatic heterocycles. The molecule has 2 N–H and O–H groups in total. The van der Waals surface area contributed by atoms with Gasteiger partial charge in [0.05, 0.1) is 12.6 Å². The van der Waals surface area contributed by atoms with Gasteiger partial charge in [-0.15, -0.1) is 0 Å². The van der Waals surface area contributed by atoms with Gasteiger partial charge in [0.15, 0.2) is 0 Å². The fourth-order valence-corrected chi connectivity index (χ4v) is 4.49. The molecule has 0 spiro atoms. The molecular weight excluding hydrogens is 418 g/mol. The van der Waals surface area contributed by atoms with Crippen molar-refractivity contribution in [1.82, 2.24) is 9.97 Å². The molecule has 0 radical (unpaired) electrons. The minimum atomic E-state index is 0.172. The van der Waals surface area contributed by atoms with Crippen LogP contribution in [-0.4, -0.2) is 53.9 Å². The summed E-state index contributed by atoms with van der Waals surface area (Å²) in [5.74, 6) is 2.38. The third kappa shape index (κ3) is 4.58. The number of aliphatic hydroxyl groups excluding tert-OH is 1. The molecule has 0 amide bonds. The minimum Gasteiger partial charge on any atom is -0.394 e. The highest BCUT2D eigenvalue weighted by molar-refractivity contribution is 9.10. The number of benzene rings is 1. The van der Waals surface area contributed by atoms with E-state index in [0.717, 1.165) is 55.1 Å². The SMILES string of the molecule is OCC1CCCCN1c1cc(NCC2CCN(c3ccc(Br)cc3)C2)ncn1. The molecule has 0 aliphatic carbocycles. The Labute approximate surface area is 175 Å². The van der Waals surface area contributed by atoms with Crippen LogP contribution in [0, 0.1) is 5.92 Å². The highest BCUT2D eigenvalue weighted by atomic mass is 79.9. The van der Waals surface area contributed by atoms with Crippen molar-refractivity contribution in [3.05, 3.63) is 41.1 Å². The van der Waals surface area contributed by atoms with Crippen molar-refractivity contribution in [2.75, 3.05) is 47.9 Å². The summed E-state index contributed by atoms with van der Waals surface area (Å²) < 4.78 is 1.12. The predicted octanol–water partition coefficient (Wildman–Crippen LogP) is 3.53. The zero-order chi connectivity index (χ0) is 19.3. The largest absolute Gasteiger partial charge is 0.394 e. The van der Waals surface area contributed by atoms with Crippen LogP contribution >= 0.6 is 15.9 Å². The van der Waals surface area contributed by atoms with Crippen molar-refractivity contribution < 1.29 is 5.11 Å². The second-order valence-corrected chi connectivity index (χ2v) is 8.66. The van der Waals surface area contributed by atoms with Crippen molar-refractivity contribution in [3.8, 4) is 0 Å². The number of halogens is 1. The number of aromatic nitrogens is 2. The quantitative estimate of drug-likeness (QED) is 0.708. The zero-order valence-corrected chi connectivity index (χ0v) is 17.7. The van der Waals surface area contributed by atoms with E-state index in [2.05, 4.69) is 65.3 Å². The fourth-order valence-electron chi connectivity index (χ4n) is 4.23. The van der Waals surface area contributed by atoms with Gasteiger partial charge in [-0.2, -0.15) is 0 Å². The molecular formula is C21H28BrN5O. The maximum Gasteiger partial charge on any atom is 0.134 e. The third-order valence-electron chi connectivity index (χ3n) is 5.83. The molecule has 4 rings (SSSR count).